The van der Waals surface area contributed by atoms with Gasteiger partial charge >= 0.3 is 23.9 Å². The minimum atomic E-state index is -1.08. The normalized spacial score (nSPS) is 10.9. The fraction of sp³-hybridized carbons (Fsp3) is 0.0667. The van der Waals surface area contributed by atoms with Crippen molar-refractivity contribution in [2.24, 2.45) is 0 Å². The molecule has 0 bridgehead atoms. The highest BCUT2D eigenvalue weighted by Gasteiger charge is 2.29. The van der Waals surface area contributed by atoms with Crippen LogP contribution in [0.3, 0.4) is 0 Å². The molecule has 4 aromatic carbocycles. The van der Waals surface area contributed by atoms with Crippen LogP contribution in [0.5, 0.6) is 0 Å². The maximum Gasteiger partial charge on any atom is 0.335 e. The van der Waals surface area contributed by atoms with Crippen molar-refractivity contribution in [1.29, 1.82) is 0 Å². The van der Waals surface area contributed by atoms with Crippen molar-refractivity contribution in [1.82, 2.24) is 0 Å². The number of hydrogen-bond donors (Lipinski definition) is 4. The topological polar surface area (TPSA) is 149 Å². The number of rotatable bonds is 9. The predicted octanol–water partition coefficient (Wildman–Crippen LogP) is 5.44. The van der Waals surface area contributed by atoms with Crippen LogP contribution in [0.4, 0.5) is 0 Å². The Hall–Kier alpha value is -5.24. The monoisotopic (exact) mass is 510 g/mol. The van der Waals surface area contributed by atoms with Crippen LogP contribution in [-0.4, -0.2) is 44.3 Å². The van der Waals surface area contributed by atoms with Gasteiger partial charge in [0.25, 0.3) is 0 Å². The van der Waals surface area contributed by atoms with Crippen LogP contribution in [0.2, 0.25) is 0 Å². The number of carboxylic acids is 4. The Morgan fingerprint density at radius 3 is 0.632 bits per heavy atom. The highest BCUT2D eigenvalue weighted by Crippen LogP contribution is 2.43. The Morgan fingerprint density at radius 2 is 0.500 bits per heavy atom. The number of benzene rings is 4. The predicted molar refractivity (Wildman–Crippen MR) is 137 cm³/mol. The van der Waals surface area contributed by atoms with Crippen LogP contribution in [0.15, 0.2) is 97.1 Å². The van der Waals surface area contributed by atoms with Crippen molar-refractivity contribution in [3.05, 3.63) is 142 Å². The van der Waals surface area contributed by atoms with Crippen molar-refractivity contribution < 1.29 is 39.6 Å². The summed E-state index contributed by atoms with van der Waals surface area (Å²) in [4.78, 5) is 45.8. The molecular weight excluding hydrogens is 488 g/mol. The molecule has 0 amide bonds. The minimum absolute atomic E-state index is 0.0990. The maximum absolute atomic E-state index is 11.5. The molecule has 0 heterocycles. The van der Waals surface area contributed by atoms with E-state index in [9.17, 15) is 39.6 Å². The van der Waals surface area contributed by atoms with E-state index in [-0.39, 0.29) is 22.3 Å². The van der Waals surface area contributed by atoms with Crippen molar-refractivity contribution in [2.45, 2.75) is 11.8 Å². The standard InChI is InChI=1S/C30H22O8/c31-27(32)21-9-1-17(2-10-21)25(18-3-11-22(12-4-18)28(33)34)26(19-5-13-23(14-6-19)29(35)36)20-7-15-24(16-8-20)30(37)38/h1-16,25-26H,(H,31,32)(H,33,34)(H,35,36)(H,37,38). The summed E-state index contributed by atoms with van der Waals surface area (Å²) in [6, 6.07) is 25.3. The summed E-state index contributed by atoms with van der Waals surface area (Å²) in [5.74, 6) is -5.25. The van der Waals surface area contributed by atoms with E-state index in [1.165, 1.54) is 48.5 Å². The zero-order chi connectivity index (χ0) is 27.4. The number of carbonyl (C=O) groups is 4. The Balaban J connectivity index is 1.94. The second kappa shape index (κ2) is 10.8. The average Bonchev–Trinajstić information content (AvgIpc) is 2.92. The smallest absolute Gasteiger partial charge is 0.335 e. The molecule has 0 unspecified atom stereocenters. The zero-order valence-corrected chi connectivity index (χ0v) is 19.8. The molecule has 8 nitrogen and oxygen atoms in total. The van der Waals surface area contributed by atoms with Gasteiger partial charge < -0.3 is 20.4 Å². The Labute approximate surface area is 217 Å². The quantitative estimate of drug-likeness (QED) is 0.232. The number of carboxylic acid groups (broad SMARTS) is 4. The molecule has 0 fully saturated rings. The Kier molecular flexibility index (Phi) is 7.34. The third-order valence-corrected chi connectivity index (χ3v) is 6.40. The summed E-state index contributed by atoms with van der Waals surface area (Å²) in [6.07, 6.45) is 0. The van der Waals surface area contributed by atoms with E-state index in [4.69, 9.17) is 0 Å². The Bertz CT molecular complexity index is 1250. The highest BCUT2D eigenvalue weighted by atomic mass is 16.4. The van der Waals surface area contributed by atoms with Crippen LogP contribution in [0.25, 0.3) is 0 Å². The molecular formula is C30H22O8. The van der Waals surface area contributed by atoms with E-state index in [1.807, 2.05) is 0 Å². The first kappa shape index (κ1) is 25.8. The molecule has 0 aliphatic carbocycles. The lowest BCUT2D eigenvalue weighted by molar-refractivity contribution is 0.0686. The van der Waals surface area contributed by atoms with Crippen LogP contribution in [0.1, 0.15) is 75.5 Å². The van der Waals surface area contributed by atoms with E-state index < -0.39 is 35.7 Å². The fourth-order valence-electron chi connectivity index (χ4n) is 4.49. The SMILES string of the molecule is O=C(O)c1ccc(C(c2ccc(C(=O)O)cc2)C(c2ccc(C(=O)O)cc2)c2ccc(C(=O)O)cc2)cc1. The van der Waals surface area contributed by atoms with Gasteiger partial charge in [-0.05, 0) is 70.8 Å². The molecule has 0 saturated heterocycles. The van der Waals surface area contributed by atoms with Gasteiger partial charge in [-0.1, -0.05) is 48.5 Å². The van der Waals surface area contributed by atoms with E-state index in [0.29, 0.717) is 0 Å². The average molecular weight is 510 g/mol. The van der Waals surface area contributed by atoms with E-state index in [1.54, 1.807) is 48.5 Å². The van der Waals surface area contributed by atoms with Crippen LogP contribution >= 0.6 is 0 Å². The molecule has 190 valence electrons. The molecule has 0 saturated carbocycles. The summed E-state index contributed by atoms with van der Waals surface area (Å²) in [5.41, 5.74) is 3.31. The number of aromatic carboxylic acids is 4. The lowest BCUT2D eigenvalue weighted by Crippen LogP contribution is -2.16. The maximum atomic E-state index is 11.5. The van der Waals surface area contributed by atoms with Crippen LogP contribution in [-0.2, 0) is 0 Å². The first-order valence-corrected chi connectivity index (χ1v) is 11.5. The van der Waals surface area contributed by atoms with Gasteiger partial charge in [-0.3, -0.25) is 0 Å². The first-order chi connectivity index (χ1) is 18.2. The van der Waals surface area contributed by atoms with Gasteiger partial charge in [0.1, 0.15) is 0 Å². The lowest BCUT2D eigenvalue weighted by atomic mass is 9.73. The molecule has 0 atom stereocenters. The third kappa shape index (κ3) is 5.44. The van der Waals surface area contributed by atoms with Crippen molar-refractivity contribution >= 4 is 23.9 Å². The molecule has 4 rings (SSSR count). The van der Waals surface area contributed by atoms with Crippen molar-refractivity contribution in [2.75, 3.05) is 0 Å². The second-order valence-corrected chi connectivity index (χ2v) is 8.66. The Morgan fingerprint density at radius 1 is 0.342 bits per heavy atom. The van der Waals surface area contributed by atoms with Crippen LogP contribution in [0, 0.1) is 0 Å². The lowest BCUT2D eigenvalue weighted by Gasteiger charge is -2.30. The van der Waals surface area contributed by atoms with Crippen LogP contribution < -0.4 is 0 Å². The molecule has 0 aromatic heterocycles. The van der Waals surface area contributed by atoms with Crippen molar-refractivity contribution in [3.63, 3.8) is 0 Å². The highest BCUT2D eigenvalue weighted by molar-refractivity contribution is 5.89. The minimum Gasteiger partial charge on any atom is -0.478 e. The van der Waals surface area contributed by atoms with Gasteiger partial charge in [-0.2, -0.15) is 0 Å². The van der Waals surface area contributed by atoms with Gasteiger partial charge in [0, 0.05) is 11.8 Å². The van der Waals surface area contributed by atoms with Gasteiger partial charge in [-0.15, -0.1) is 0 Å². The van der Waals surface area contributed by atoms with E-state index in [2.05, 4.69) is 0 Å². The second-order valence-electron chi connectivity index (χ2n) is 8.66. The van der Waals surface area contributed by atoms with Gasteiger partial charge in [-0.25, -0.2) is 19.2 Å². The third-order valence-electron chi connectivity index (χ3n) is 6.40. The fourth-order valence-corrected chi connectivity index (χ4v) is 4.49. The molecule has 38 heavy (non-hydrogen) atoms. The largest absolute Gasteiger partial charge is 0.478 e. The summed E-state index contributed by atoms with van der Waals surface area (Å²) in [7, 11) is 0. The molecule has 4 N–H and O–H groups in total. The van der Waals surface area contributed by atoms with E-state index in [0.717, 1.165) is 22.3 Å². The molecule has 0 radical (unpaired) electrons. The number of hydrogen-bond acceptors (Lipinski definition) is 4. The molecule has 4 aromatic rings. The van der Waals surface area contributed by atoms with Crippen molar-refractivity contribution in [3.8, 4) is 0 Å². The summed E-state index contributed by atoms with van der Waals surface area (Å²) in [6.45, 7) is 0. The summed E-state index contributed by atoms with van der Waals surface area (Å²) < 4.78 is 0. The zero-order valence-electron chi connectivity index (χ0n) is 19.8. The first-order valence-electron chi connectivity index (χ1n) is 11.5. The summed E-state index contributed by atoms with van der Waals surface area (Å²) >= 11 is 0. The molecule has 0 spiro atoms. The molecule has 8 heteroatoms. The van der Waals surface area contributed by atoms with Gasteiger partial charge in [0.2, 0.25) is 0 Å². The van der Waals surface area contributed by atoms with E-state index >= 15 is 0 Å². The van der Waals surface area contributed by atoms with Gasteiger partial charge in [0.05, 0.1) is 22.3 Å². The molecule has 0 aliphatic rings. The summed E-state index contributed by atoms with van der Waals surface area (Å²) in [5, 5.41) is 37.5. The molecule has 0 aliphatic heterocycles. The van der Waals surface area contributed by atoms with Gasteiger partial charge in [0.15, 0.2) is 0 Å².